The minimum atomic E-state index is -2.45. The van der Waals surface area contributed by atoms with Gasteiger partial charge in [0.15, 0.2) is 0 Å². The number of aromatic amines is 1. The largest absolute Gasteiger partial charge is 0.497 e. The third-order valence-electron chi connectivity index (χ3n) is 10.6. The average molecular weight is 854 g/mol. The van der Waals surface area contributed by atoms with Crippen LogP contribution in [-0.4, -0.2) is 50.9 Å². The number of anilines is 2. The minimum Gasteiger partial charge on any atom is -0.497 e. The molecule has 1 aromatic heterocycles. The van der Waals surface area contributed by atoms with Crippen molar-refractivity contribution in [2.45, 2.75) is 12.0 Å². The molecular formula is C47H42FN5O6P2. The van der Waals surface area contributed by atoms with Crippen LogP contribution in [0.15, 0.2) is 162 Å². The van der Waals surface area contributed by atoms with Crippen molar-refractivity contribution in [1.29, 1.82) is 0 Å². The van der Waals surface area contributed by atoms with Gasteiger partial charge in [-0.15, -0.1) is 0 Å². The Labute approximate surface area is 356 Å². The van der Waals surface area contributed by atoms with Crippen molar-refractivity contribution in [3.05, 3.63) is 180 Å². The zero-order valence-corrected chi connectivity index (χ0v) is 35.5. The summed E-state index contributed by atoms with van der Waals surface area (Å²) in [7, 11) is 2.68. The van der Waals surface area contributed by atoms with Crippen LogP contribution in [0.5, 0.6) is 11.5 Å². The molecule has 0 radical (unpaired) electrons. The van der Waals surface area contributed by atoms with Crippen LogP contribution < -0.4 is 19.3 Å². The molecule has 0 saturated heterocycles. The summed E-state index contributed by atoms with van der Waals surface area (Å²) in [5, 5.41) is 9.59. The van der Waals surface area contributed by atoms with Crippen molar-refractivity contribution in [2.24, 2.45) is 10.2 Å². The highest BCUT2D eigenvalue weighted by atomic mass is 32.0. The molecule has 6 aromatic carbocycles. The van der Waals surface area contributed by atoms with Crippen LogP contribution in [0.4, 0.5) is 26.9 Å². The van der Waals surface area contributed by atoms with E-state index < -0.39 is 19.7 Å². The molecule has 1 N–H and O–H groups in total. The number of nitrogens with one attached hydrogen (secondary N) is 1. The molecule has 1 amide bonds. The van der Waals surface area contributed by atoms with Gasteiger partial charge in [0, 0.05) is 28.8 Å². The van der Waals surface area contributed by atoms with Gasteiger partial charge < -0.3 is 33.5 Å². The fourth-order valence-electron chi connectivity index (χ4n) is 7.66. The number of fused-ring (bicyclic) bond motifs is 3. The first-order valence-corrected chi connectivity index (χ1v) is 22.2. The molecule has 1 aliphatic rings. The molecule has 0 spiro atoms. The number of carbonyl (C=O) groups excluding carboxylic acids is 2. The quantitative estimate of drug-likeness (QED) is 0.0472. The number of hydrogen-bond donors (Lipinski definition) is 1. The molecule has 0 bridgehead atoms. The third kappa shape index (κ3) is 8.89. The minimum absolute atomic E-state index is 0.0145. The number of benzene rings is 6. The van der Waals surface area contributed by atoms with E-state index in [0.29, 0.717) is 35.7 Å². The smallest absolute Gasteiger partial charge is 0.359 e. The van der Waals surface area contributed by atoms with E-state index in [1.54, 1.807) is 25.2 Å². The summed E-state index contributed by atoms with van der Waals surface area (Å²) >= 11 is 0. The Kier molecular flexibility index (Phi) is 12.5. The van der Waals surface area contributed by atoms with E-state index in [9.17, 15) is 13.8 Å². The molecule has 7 aromatic rings. The van der Waals surface area contributed by atoms with E-state index in [1.165, 1.54) is 0 Å². The van der Waals surface area contributed by atoms with Crippen molar-refractivity contribution in [3.63, 3.8) is 0 Å². The van der Waals surface area contributed by atoms with Crippen molar-refractivity contribution >= 4 is 62.6 Å². The maximum atomic E-state index is 14.6. The molecule has 0 fully saturated rings. The van der Waals surface area contributed by atoms with Gasteiger partial charge in [0.05, 0.1) is 32.1 Å². The first-order chi connectivity index (χ1) is 29.7. The number of hydrogen-bond acceptors (Lipinski definition) is 9. The van der Waals surface area contributed by atoms with Crippen molar-refractivity contribution in [3.8, 4) is 11.5 Å². The second-order valence-corrected chi connectivity index (χ2v) is 16.1. The fraction of sp³-hybridized carbons (Fsp3) is 0.149. The molecule has 2 heterocycles. The van der Waals surface area contributed by atoms with Crippen molar-refractivity contribution in [2.75, 3.05) is 43.8 Å². The Morgan fingerprint density at radius 2 is 1.34 bits per heavy atom. The lowest BCUT2D eigenvalue weighted by atomic mass is 9.80. The molecule has 8 rings (SSSR count). The molecule has 2 unspecified atom stereocenters. The number of rotatable bonds is 15. The summed E-state index contributed by atoms with van der Waals surface area (Å²) in [5.74, 6) is 0.462. The Morgan fingerprint density at radius 3 is 1.93 bits per heavy atom. The predicted molar refractivity (Wildman–Crippen MR) is 240 cm³/mol. The van der Waals surface area contributed by atoms with Crippen LogP contribution in [0.1, 0.15) is 32.7 Å². The maximum absolute atomic E-state index is 14.6. The first-order valence-electron chi connectivity index (χ1n) is 19.4. The number of azo groups is 1. The summed E-state index contributed by atoms with van der Waals surface area (Å²) in [4.78, 5) is 33.9. The molecule has 1 aliphatic heterocycles. The van der Waals surface area contributed by atoms with Crippen LogP contribution in [0.3, 0.4) is 0 Å². The number of carbonyl (C=O) groups is 2. The Balaban J connectivity index is 1.16. The number of aromatic nitrogens is 1. The van der Waals surface area contributed by atoms with Crippen LogP contribution in [0.25, 0.3) is 10.9 Å². The molecule has 2 atom stereocenters. The Hall–Kier alpha value is -6.45. The number of ether oxygens (including phenoxy) is 3. The molecule has 308 valence electrons. The molecule has 11 nitrogen and oxygen atoms in total. The van der Waals surface area contributed by atoms with Crippen LogP contribution in [0.2, 0.25) is 0 Å². The summed E-state index contributed by atoms with van der Waals surface area (Å²) in [5.41, 5.74) is 6.01. The predicted octanol–water partition coefficient (Wildman–Crippen LogP) is 11.2. The zero-order valence-electron chi connectivity index (χ0n) is 33.4. The Bertz CT molecular complexity index is 2600. The molecule has 0 saturated carbocycles. The second-order valence-electron chi connectivity index (χ2n) is 14.2. The van der Waals surface area contributed by atoms with E-state index in [0.717, 1.165) is 44.7 Å². The number of H-pyrrole nitrogens is 1. The van der Waals surface area contributed by atoms with Gasteiger partial charge in [-0.1, -0.05) is 72.8 Å². The van der Waals surface area contributed by atoms with Gasteiger partial charge >= 0.3 is 5.97 Å². The van der Waals surface area contributed by atoms with Crippen molar-refractivity contribution in [1.82, 2.24) is 4.98 Å². The van der Waals surface area contributed by atoms with Gasteiger partial charge in [-0.3, -0.25) is 4.79 Å². The van der Waals surface area contributed by atoms with Gasteiger partial charge in [0.2, 0.25) is 5.91 Å². The average Bonchev–Trinajstić information content (AvgIpc) is 3.95. The second kappa shape index (κ2) is 18.4. The molecule has 14 heteroatoms. The number of amides is 1. The van der Waals surface area contributed by atoms with E-state index in [1.807, 2.05) is 159 Å². The summed E-state index contributed by atoms with van der Waals surface area (Å²) < 4.78 is 36.7. The van der Waals surface area contributed by atoms with E-state index in [-0.39, 0.29) is 24.9 Å². The SMILES string of the molecule is COc1ccc(C(OCN(CC(=O)N2CCc3c2ccc2[nH]c(C(=O)OP(F)P)cc32)c2ccc(N=Nc3ccccc3)cc2)(c2ccccc2)c2ccc(OC)cc2)cc1. The lowest BCUT2D eigenvalue weighted by molar-refractivity contribution is -0.117. The highest BCUT2D eigenvalue weighted by Crippen LogP contribution is 2.48. The van der Waals surface area contributed by atoms with Crippen LogP contribution in [-0.2, 0) is 26.1 Å². The number of nitrogens with zero attached hydrogens (tertiary/aromatic N) is 4. The van der Waals surface area contributed by atoms with Gasteiger partial charge in [-0.05, 0) is 116 Å². The van der Waals surface area contributed by atoms with Gasteiger partial charge in [0.25, 0.3) is 8.15 Å². The van der Waals surface area contributed by atoms with Gasteiger partial charge in [-0.25, -0.2) is 4.79 Å². The molecule has 0 aliphatic carbocycles. The first kappa shape index (κ1) is 41.3. The van der Waals surface area contributed by atoms with E-state index in [4.69, 9.17) is 18.7 Å². The lowest BCUT2D eigenvalue weighted by Gasteiger charge is -2.38. The van der Waals surface area contributed by atoms with Crippen LogP contribution >= 0.6 is 17.1 Å². The molecular weight excluding hydrogens is 811 g/mol. The Morgan fingerprint density at radius 1 is 0.770 bits per heavy atom. The van der Waals surface area contributed by atoms with Gasteiger partial charge in [0.1, 0.15) is 29.5 Å². The third-order valence-corrected chi connectivity index (χ3v) is 11.3. The van der Waals surface area contributed by atoms with Crippen LogP contribution in [0, 0.1) is 0 Å². The summed E-state index contributed by atoms with van der Waals surface area (Å²) in [6.07, 6.45) is 0.563. The standard InChI is InChI=1S/C47H42FN5O6P2/c1-56-38-21-13-33(14-22-38)47(32-9-5-3-6-10-32,34-15-23-39(57-2)24-16-34)58-31-52(37-19-17-36(18-20-37)51-50-35-11-7-4-8-12-35)30-45(54)53-28-27-40-41-29-43(46(55)59-61(48)60)49-42(41)25-26-44(40)53/h3-26,29,49H,27-28,30-31,60H2,1-2H3. The number of methoxy groups -OCH3 is 2. The summed E-state index contributed by atoms with van der Waals surface area (Å²) in [6, 6.07) is 47.9. The fourth-order valence-corrected chi connectivity index (χ4v) is 8.20. The zero-order chi connectivity index (χ0) is 42.3. The van der Waals surface area contributed by atoms with Gasteiger partial charge in [-0.2, -0.15) is 14.4 Å². The summed E-state index contributed by atoms with van der Waals surface area (Å²) in [6.45, 7) is 0.371. The topological polar surface area (TPSA) is 118 Å². The maximum Gasteiger partial charge on any atom is 0.359 e. The van der Waals surface area contributed by atoms with Crippen molar-refractivity contribution < 1.29 is 32.5 Å². The number of halogens is 1. The normalized spacial score (nSPS) is 13.0. The monoisotopic (exact) mass is 853 g/mol. The lowest BCUT2D eigenvalue weighted by Crippen LogP contribution is -2.43. The van der Waals surface area contributed by atoms with E-state index >= 15 is 0 Å². The highest BCUT2D eigenvalue weighted by molar-refractivity contribution is 8.08. The van der Waals surface area contributed by atoms with E-state index in [2.05, 4.69) is 15.2 Å². The highest BCUT2D eigenvalue weighted by Gasteiger charge is 2.39. The molecule has 61 heavy (non-hydrogen) atoms.